The third-order valence-electron chi connectivity index (χ3n) is 6.40. The minimum atomic E-state index is -4.39. The van der Waals surface area contributed by atoms with Crippen LogP contribution < -0.4 is 0 Å². The van der Waals surface area contributed by atoms with Crippen LogP contribution in [0.1, 0.15) is 30.9 Å². The quantitative estimate of drug-likeness (QED) is 0.525. The van der Waals surface area contributed by atoms with Gasteiger partial charge in [-0.05, 0) is 56.1 Å². The maximum absolute atomic E-state index is 12.8. The monoisotopic (exact) mass is 494 g/mol. The Morgan fingerprint density at radius 1 is 1.15 bits per heavy atom. The second-order valence-electron chi connectivity index (χ2n) is 8.99. The highest BCUT2D eigenvalue weighted by molar-refractivity contribution is 6.31. The van der Waals surface area contributed by atoms with Crippen molar-refractivity contribution >= 4 is 11.6 Å². The lowest BCUT2D eigenvalue weighted by Gasteiger charge is -2.39. The molecule has 1 fully saturated rings. The summed E-state index contributed by atoms with van der Waals surface area (Å²) in [7, 11) is 0. The Balaban J connectivity index is 1.46. The van der Waals surface area contributed by atoms with Gasteiger partial charge in [-0.25, -0.2) is 4.68 Å². The second-order valence-corrected chi connectivity index (χ2v) is 9.40. The molecule has 2 heterocycles. The van der Waals surface area contributed by atoms with E-state index >= 15 is 0 Å². The molecular formula is C24H26ClF3N4O2. The Bertz CT molecular complexity index is 1130. The second kappa shape index (κ2) is 9.65. The van der Waals surface area contributed by atoms with Gasteiger partial charge in [0.15, 0.2) is 0 Å². The topological polar surface area (TPSA) is 74.4 Å². The Hall–Kier alpha value is -2.46. The zero-order valence-corrected chi connectivity index (χ0v) is 19.4. The fourth-order valence-electron chi connectivity index (χ4n) is 4.24. The van der Waals surface area contributed by atoms with Gasteiger partial charge in [0.2, 0.25) is 0 Å². The predicted octanol–water partition coefficient (Wildman–Crippen LogP) is 4.56. The molecule has 0 aliphatic carbocycles. The van der Waals surface area contributed by atoms with E-state index in [0.29, 0.717) is 35.1 Å². The first-order valence-electron chi connectivity index (χ1n) is 11.0. The fourth-order valence-corrected chi connectivity index (χ4v) is 4.47. The summed E-state index contributed by atoms with van der Waals surface area (Å²) in [6.45, 7) is 3.57. The van der Waals surface area contributed by atoms with Crippen LogP contribution >= 0.6 is 11.6 Å². The summed E-state index contributed by atoms with van der Waals surface area (Å²) in [4.78, 5) is 2.22. The lowest BCUT2D eigenvalue weighted by Crippen LogP contribution is -2.47. The van der Waals surface area contributed by atoms with Crippen LogP contribution in [0.15, 0.2) is 48.7 Å². The molecule has 0 radical (unpaired) electrons. The molecule has 3 aromatic rings. The van der Waals surface area contributed by atoms with Crippen molar-refractivity contribution in [1.29, 1.82) is 0 Å². The summed E-state index contributed by atoms with van der Waals surface area (Å²) >= 11 is 6.55. The first-order valence-corrected chi connectivity index (χ1v) is 11.4. The van der Waals surface area contributed by atoms with Gasteiger partial charge in [0.25, 0.3) is 0 Å². The summed E-state index contributed by atoms with van der Waals surface area (Å²) in [5.74, 6) is -0.0110. The Kier molecular flexibility index (Phi) is 7.00. The molecule has 0 spiro atoms. The van der Waals surface area contributed by atoms with Crippen molar-refractivity contribution in [2.75, 3.05) is 19.7 Å². The van der Waals surface area contributed by atoms with Gasteiger partial charge < -0.3 is 10.2 Å². The average molecular weight is 495 g/mol. The molecule has 0 amide bonds. The number of alkyl halides is 3. The molecule has 1 saturated heterocycles. The minimum Gasteiger partial charge on any atom is -0.393 e. The molecule has 2 aromatic carbocycles. The van der Waals surface area contributed by atoms with Gasteiger partial charge in [0.05, 0.1) is 29.7 Å². The molecule has 1 aliphatic heterocycles. The van der Waals surface area contributed by atoms with Gasteiger partial charge in [-0.15, -0.1) is 5.10 Å². The molecule has 0 saturated carbocycles. The fraction of sp³-hybridized carbons (Fsp3) is 0.417. The van der Waals surface area contributed by atoms with Crippen molar-refractivity contribution in [3.05, 3.63) is 64.8 Å². The number of likely N-dealkylation sites (tertiary alicyclic amines) is 1. The molecule has 1 aliphatic rings. The predicted molar refractivity (Wildman–Crippen MR) is 123 cm³/mol. The first-order chi connectivity index (χ1) is 16.1. The molecule has 10 heteroatoms. The van der Waals surface area contributed by atoms with E-state index in [1.54, 1.807) is 19.2 Å². The Labute approximate surface area is 200 Å². The van der Waals surface area contributed by atoms with Gasteiger partial charge in [-0.3, -0.25) is 4.90 Å². The van der Waals surface area contributed by atoms with E-state index in [0.717, 1.165) is 37.1 Å². The molecule has 34 heavy (non-hydrogen) atoms. The molecule has 6 nitrogen and oxygen atoms in total. The van der Waals surface area contributed by atoms with Gasteiger partial charge in [-0.1, -0.05) is 35.0 Å². The largest absolute Gasteiger partial charge is 0.416 e. The van der Waals surface area contributed by atoms with Crippen molar-refractivity contribution in [2.24, 2.45) is 5.92 Å². The SMILES string of the molecule is C[C@@](O)(CO)[C@H]1CCCN(Cc2ccc(-n3cc(-c4ccc(C(F)(F)F)cc4)nn3)cc2Cl)C1. The lowest BCUT2D eigenvalue weighted by atomic mass is 9.83. The lowest BCUT2D eigenvalue weighted by molar-refractivity contribution is -0.137. The van der Waals surface area contributed by atoms with Crippen LogP contribution in [0, 0.1) is 5.92 Å². The van der Waals surface area contributed by atoms with Gasteiger partial charge >= 0.3 is 6.18 Å². The molecular weight excluding hydrogens is 469 g/mol. The summed E-state index contributed by atoms with van der Waals surface area (Å²) < 4.78 is 39.9. The molecule has 2 atom stereocenters. The van der Waals surface area contributed by atoms with Gasteiger partial charge in [-0.2, -0.15) is 13.2 Å². The van der Waals surface area contributed by atoms with Gasteiger partial charge in [0.1, 0.15) is 5.69 Å². The number of hydrogen-bond acceptors (Lipinski definition) is 5. The smallest absolute Gasteiger partial charge is 0.393 e. The number of piperidine rings is 1. The number of aliphatic hydroxyl groups excluding tert-OH is 1. The molecule has 182 valence electrons. The molecule has 4 rings (SSSR count). The third kappa shape index (κ3) is 5.43. The molecule has 0 bridgehead atoms. The van der Waals surface area contributed by atoms with Crippen LogP contribution in [0.25, 0.3) is 16.9 Å². The van der Waals surface area contributed by atoms with E-state index < -0.39 is 17.3 Å². The normalized spacial score (nSPS) is 19.2. The molecule has 2 N–H and O–H groups in total. The first kappa shape index (κ1) is 24.7. The standard InChI is InChI=1S/C24H26ClF3N4O2/c1-23(34,15-33)19-3-2-10-31(13-19)12-17-6-9-20(11-21(17)25)32-14-22(29-30-32)16-4-7-18(8-5-16)24(26,27)28/h4-9,11,14,19,33-34H,2-3,10,12-13,15H2,1H3/t19-,23+/m0/s1. The van der Waals surface area contributed by atoms with E-state index in [-0.39, 0.29) is 12.5 Å². The maximum Gasteiger partial charge on any atom is 0.416 e. The van der Waals surface area contributed by atoms with Crippen molar-refractivity contribution in [3.8, 4) is 16.9 Å². The Morgan fingerprint density at radius 2 is 1.88 bits per heavy atom. The molecule has 1 aromatic heterocycles. The van der Waals surface area contributed by atoms with Crippen LogP contribution in [-0.2, 0) is 12.7 Å². The summed E-state index contributed by atoms with van der Waals surface area (Å²) in [6.07, 6.45) is -0.951. The van der Waals surface area contributed by atoms with Crippen LogP contribution in [0.3, 0.4) is 0 Å². The highest BCUT2D eigenvalue weighted by Gasteiger charge is 2.34. The number of aromatic nitrogens is 3. The van der Waals surface area contributed by atoms with Crippen molar-refractivity contribution < 1.29 is 23.4 Å². The zero-order chi connectivity index (χ0) is 24.5. The van der Waals surface area contributed by atoms with E-state index in [2.05, 4.69) is 15.2 Å². The van der Waals surface area contributed by atoms with Crippen LogP contribution in [-0.4, -0.2) is 55.4 Å². The summed E-state index contributed by atoms with van der Waals surface area (Å²) in [6, 6.07) is 10.3. The van der Waals surface area contributed by atoms with E-state index in [1.165, 1.54) is 16.8 Å². The maximum atomic E-state index is 12.8. The number of aliphatic hydroxyl groups is 2. The number of rotatable bonds is 6. The van der Waals surface area contributed by atoms with Crippen molar-refractivity contribution in [3.63, 3.8) is 0 Å². The minimum absolute atomic E-state index is 0.0110. The number of benzene rings is 2. The average Bonchev–Trinajstić information content (AvgIpc) is 3.30. The number of hydrogen-bond donors (Lipinski definition) is 2. The zero-order valence-electron chi connectivity index (χ0n) is 18.6. The summed E-state index contributed by atoms with van der Waals surface area (Å²) in [5.41, 5.74) is 0.761. The van der Waals surface area contributed by atoms with Crippen LogP contribution in [0.2, 0.25) is 5.02 Å². The number of halogens is 4. The van der Waals surface area contributed by atoms with E-state index in [9.17, 15) is 23.4 Å². The van der Waals surface area contributed by atoms with Gasteiger partial charge in [0, 0.05) is 29.6 Å². The highest BCUT2D eigenvalue weighted by Crippen LogP contribution is 2.31. The summed E-state index contributed by atoms with van der Waals surface area (Å²) in [5, 5.41) is 28.6. The Morgan fingerprint density at radius 3 is 2.53 bits per heavy atom. The highest BCUT2D eigenvalue weighted by atomic mass is 35.5. The van der Waals surface area contributed by atoms with Crippen molar-refractivity contribution in [2.45, 2.75) is 38.1 Å². The van der Waals surface area contributed by atoms with Crippen LogP contribution in [0.5, 0.6) is 0 Å². The molecule has 0 unspecified atom stereocenters. The van der Waals surface area contributed by atoms with E-state index in [1.807, 2.05) is 12.1 Å². The number of nitrogens with zero attached hydrogens (tertiary/aromatic N) is 4. The third-order valence-corrected chi connectivity index (χ3v) is 6.75. The van der Waals surface area contributed by atoms with E-state index in [4.69, 9.17) is 11.6 Å². The van der Waals surface area contributed by atoms with Crippen molar-refractivity contribution in [1.82, 2.24) is 19.9 Å². The van der Waals surface area contributed by atoms with Crippen LogP contribution in [0.4, 0.5) is 13.2 Å².